The standard InChI is InChI=1S/C19H20Cl2N2O3S/c1-13-8-10-23(11-9-13)19(24)14-2-7-17(21)18(12-14)27(25,26)22-16-5-3-15(20)4-6-16/h2-7,12-13,22H,8-11H2,1H3. The van der Waals surface area contributed by atoms with Crippen molar-refractivity contribution < 1.29 is 13.2 Å². The summed E-state index contributed by atoms with van der Waals surface area (Å²) < 4.78 is 28.0. The van der Waals surface area contributed by atoms with E-state index in [-0.39, 0.29) is 15.8 Å². The Balaban J connectivity index is 1.86. The SMILES string of the molecule is CC1CCN(C(=O)c2ccc(Cl)c(S(=O)(=O)Nc3ccc(Cl)cc3)c2)CC1. The van der Waals surface area contributed by atoms with Gasteiger partial charge in [0.1, 0.15) is 4.90 Å². The number of carbonyl (C=O) groups is 1. The van der Waals surface area contributed by atoms with E-state index in [0.29, 0.717) is 35.3 Å². The molecule has 1 aliphatic rings. The molecule has 1 saturated heterocycles. The quantitative estimate of drug-likeness (QED) is 0.772. The second-order valence-corrected chi connectivity index (χ2v) is 9.23. The van der Waals surface area contributed by atoms with E-state index in [1.165, 1.54) is 12.1 Å². The molecule has 1 fully saturated rings. The fourth-order valence-electron chi connectivity index (χ4n) is 2.96. The summed E-state index contributed by atoms with van der Waals surface area (Å²) in [7, 11) is -3.95. The highest BCUT2D eigenvalue weighted by Crippen LogP contribution is 2.27. The summed E-state index contributed by atoms with van der Waals surface area (Å²) in [6.07, 6.45) is 1.89. The van der Waals surface area contributed by atoms with E-state index in [9.17, 15) is 13.2 Å². The van der Waals surface area contributed by atoms with Gasteiger partial charge in [0, 0.05) is 29.4 Å². The average Bonchev–Trinajstić information content (AvgIpc) is 2.64. The molecule has 1 heterocycles. The number of hydrogen-bond donors (Lipinski definition) is 1. The Kier molecular flexibility index (Phi) is 5.99. The van der Waals surface area contributed by atoms with Crippen molar-refractivity contribution in [2.45, 2.75) is 24.7 Å². The monoisotopic (exact) mass is 426 g/mol. The summed E-state index contributed by atoms with van der Waals surface area (Å²) in [6, 6.07) is 10.6. The smallest absolute Gasteiger partial charge is 0.263 e. The molecule has 0 aromatic heterocycles. The van der Waals surface area contributed by atoms with Gasteiger partial charge in [-0.15, -0.1) is 0 Å². The molecule has 0 spiro atoms. The number of hydrogen-bond acceptors (Lipinski definition) is 3. The number of halogens is 2. The second kappa shape index (κ2) is 8.09. The van der Waals surface area contributed by atoms with E-state index in [4.69, 9.17) is 23.2 Å². The first-order valence-electron chi connectivity index (χ1n) is 8.63. The zero-order valence-corrected chi connectivity index (χ0v) is 17.1. The molecule has 1 amide bonds. The van der Waals surface area contributed by atoms with Crippen molar-refractivity contribution in [1.82, 2.24) is 4.90 Å². The predicted octanol–water partition coefficient (Wildman–Crippen LogP) is 4.67. The summed E-state index contributed by atoms with van der Waals surface area (Å²) in [6.45, 7) is 3.51. The summed E-state index contributed by atoms with van der Waals surface area (Å²) in [5, 5.41) is 0.555. The molecular weight excluding hydrogens is 407 g/mol. The van der Waals surface area contributed by atoms with Gasteiger partial charge in [0.15, 0.2) is 0 Å². The Bertz CT molecular complexity index is 938. The molecule has 0 bridgehead atoms. The van der Waals surface area contributed by atoms with Crippen LogP contribution in [0, 0.1) is 5.92 Å². The van der Waals surface area contributed by atoms with Crippen LogP contribution in [0.15, 0.2) is 47.4 Å². The van der Waals surface area contributed by atoms with Crippen LogP contribution in [0.25, 0.3) is 0 Å². The van der Waals surface area contributed by atoms with E-state index >= 15 is 0 Å². The highest BCUT2D eigenvalue weighted by Gasteiger charge is 2.24. The molecule has 0 aliphatic carbocycles. The molecule has 0 radical (unpaired) electrons. The maximum atomic E-state index is 12.7. The van der Waals surface area contributed by atoms with Gasteiger partial charge in [0.05, 0.1) is 5.02 Å². The number of rotatable bonds is 4. The summed E-state index contributed by atoms with van der Waals surface area (Å²) in [4.78, 5) is 14.4. The second-order valence-electron chi connectivity index (χ2n) is 6.73. The molecule has 3 rings (SSSR count). The molecule has 144 valence electrons. The third-order valence-electron chi connectivity index (χ3n) is 4.63. The highest BCUT2D eigenvalue weighted by atomic mass is 35.5. The van der Waals surface area contributed by atoms with Gasteiger partial charge in [-0.2, -0.15) is 0 Å². The van der Waals surface area contributed by atoms with Crippen LogP contribution in [0.4, 0.5) is 5.69 Å². The van der Waals surface area contributed by atoms with Crippen molar-refractivity contribution in [2.24, 2.45) is 5.92 Å². The van der Waals surface area contributed by atoms with Crippen molar-refractivity contribution in [3.05, 3.63) is 58.1 Å². The van der Waals surface area contributed by atoms with E-state index in [1.807, 2.05) is 0 Å². The van der Waals surface area contributed by atoms with E-state index in [1.54, 1.807) is 35.2 Å². The number of sulfonamides is 1. The molecule has 0 atom stereocenters. The van der Waals surface area contributed by atoms with Crippen molar-refractivity contribution in [3.8, 4) is 0 Å². The lowest BCUT2D eigenvalue weighted by atomic mass is 9.98. The Morgan fingerprint density at radius 1 is 1.07 bits per heavy atom. The van der Waals surface area contributed by atoms with E-state index in [2.05, 4.69) is 11.6 Å². The van der Waals surface area contributed by atoms with E-state index < -0.39 is 10.0 Å². The molecule has 1 aliphatic heterocycles. The molecule has 27 heavy (non-hydrogen) atoms. The molecule has 0 saturated carbocycles. The summed E-state index contributed by atoms with van der Waals surface area (Å²) in [5.41, 5.74) is 0.669. The summed E-state index contributed by atoms with van der Waals surface area (Å²) in [5.74, 6) is 0.417. The number of likely N-dealkylation sites (tertiary alicyclic amines) is 1. The number of carbonyl (C=O) groups excluding carboxylic acids is 1. The minimum absolute atomic E-state index is 0.0558. The van der Waals surface area contributed by atoms with Crippen molar-refractivity contribution >= 4 is 44.8 Å². The van der Waals surface area contributed by atoms with Crippen LogP contribution in [-0.2, 0) is 10.0 Å². The zero-order valence-electron chi connectivity index (χ0n) is 14.8. The number of amides is 1. The van der Waals surface area contributed by atoms with Crippen LogP contribution < -0.4 is 4.72 Å². The van der Waals surface area contributed by atoms with Gasteiger partial charge in [-0.25, -0.2) is 8.42 Å². The normalized spacial score (nSPS) is 15.6. The van der Waals surface area contributed by atoms with Crippen LogP contribution in [-0.4, -0.2) is 32.3 Å². The minimum atomic E-state index is -3.95. The first-order valence-corrected chi connectivity index (χ1v) is 10.9. The maximum Gasteiger partial charge on any atom is 0.263 e. The Labute approximate surface area is 169 Å². The van der Waals surface area contributed by atoms with Crippen LogP contribution in [0.3, 0.4) is 0 Å². The lowest BCUT2D eigenvalue weighted by Gasteiger charge is -2.30. The van der Waals surface area contributed by atoms with Gasteiger partial charge in [0.25, 0.3) is 15.9 Å². The van der Waals surface area contributed by atoms with Crippen LogP contribution in [0.2, 0.25) is 10.0 Å². The van der Waals surface area contributed by atoms with Crippen LogP contribution >= 0.6 is 23.2 Å². The molecule has 2 aromatic carbocycles. The fraction of sp³-hybridized carbons (Fsp3) is 0.316. The third-order valence-corrected chi connectivity index (χ3v) is 6.75. The Morgan fingerprint density at radius 3 is 2.33 bits per heavy atom. The largest absolute Gasteiger partial charge is 0.339 e. The van der Waals surface area contributed by atoms with Crippen molar-refractivity contribution in [2.75, 3.05) is 17.8 Å². The van der Waals surface area contributed by atoms with Gasteiger partial charge in [0.2, 0.25) is 0 Å². The average molecular weight is 427 g/mol. The van der Waals surface area contributed by atoms with E-state index in [0.717, 1.165) is 12.8 Å². The minimum Gasteiger partial charge on any atom is -0.339 e. The molecular formula is C19H20Cl2N2O3S. The Hall–Kier alpha value is -1.76. The van der Waals surface area contributed by atoms with Gasteiger partial charge in [-0.1, -0.05) is 30.1 Å². The molecule has 8 heteroatoms. The number of nitrogens with one attached hydrogen (secondary N) is 1. The molecule has 0 unspecified atom stereocenters. The van der Waals surface area contributed by atoms with Gasteiger partial charge < -0.3 is 4.90 Å². The highest BCUT2D eigenvalue weighted by molar-refractivity contribution is 7.92. The topological polar surface area (TPSA) is 66.5 Å². The van der Waals surface area contributed by atoms with Crippen LogP contribution in [0.1, 0.15) is 30.1 Å². The molecule has 1 N–H and O–H groups in total. The third kappa shape index (κ3) is 4.75. The van der Waals surface area contributed by atoms with Crippen LogP contribution in [0.5, 0.6) is 0 Å². The fourth-order valence-corrected chi connectivity index (χ4v) is 4.68. The van der Waals surface area contributed by atoms with Gasteiger partial charge in [-0.3, -0.25) is 9.52 Å². The van der Waals surface area contributed by atoms with Gasteiger partial charge >= 0.3 is 0 Å². The zero-order chi connectivity index (χ0) is 19.6. The lowest BCUT2D eigenvalue weighted by molar-refractivity contribution is 0.0697. The van der Waals surface area contributed by atoms with Gasteiger partial charge in [-0.05, 0) is 61.2 Å². The first kappa shape index (κ1) is 20.0. The summed E-state index contributed by atoms with van der Waals surface area (Å²) >= 11 is 11.9. The molecule has 2 aromatic rings. The Morgan fingerprint density at radius 2 is 1.70 bits per heavy atom. The number of anilines is 1. The maximum absolute atomic E-state index is 12.7. The first-order chi connectivity index (χ1) is 12.8. The van der Waals surface area contributed by atoms with Crippen molar-refractivity contribution in [1.29, 1.82) is 0 Å². The number of benzene rings is 2. The number of piperidine rings is 1. The number of nitrogens with zero attached hydrogens (tertiary/aromatic N) is 1. The lowest BCUT2D eigenvalue weighted by Crippen LogP contribution is -2.38. The predicted molar refractivity (Wildman–Crippen MR) is 108 cm³/mol. The van der Waals surface area contributed by atoms with Crippen molar-refractivity contribution in [3.63, 3.8) is 0 Å². The molecule has 5 nitrogen and oxygen atoms in total.